The number of likely N-dealkylation sites (tertiary alicyclic amines) is 1. The van der Waals surface area contributed by atoms with E-state index >= 15 is 0 Å². The number of aromatic nitrogens is 1. The third kappa shape index (κ3) is 3.22. The van der Waals surface area contributed by atoms with Crippen LogP contribution in [-0.4, -0.2) is 41.8 Å². The molecule has 1 aromatic rings. The zero-order chi connectivity index (χ0) is 14.7. The Bertz CT molecular complexity index is 536. The van der Waals surface area contributed by atoms with Crippen LogP contribution in [0.1, 0.15) is 23.2 Å². The van der Waals surface area contributed by atoms with Crippen LogP contribution in [-0.2, 0) is 4.79 Å². The van der Waals surface area contributed by atoms with Gasteiger partial charge in [-0.1, -0.05) is 23.2 Å². The molecule has 0 radical (unpaired) electrons. The van der Waals surface area contributed by atoms with Crippen molar-refractivity contribution in [3.63, 3.8) is 0 Å². The van der Waals surface area contributed by atoms with Crippen molar-refractivity contribution in [3.8, 4) is 0 Å². The molecule has 1 atom stereocenters. The zero-order valence-corrected chi connectivity index (χ0v) is 12.5. The first-order valence-corrected chi connectivity index (χ1v) is 7.10. The van der Waals surface area contributed by atoms with Gasteiger partial charge < -0.3 is 10.2 Å². The highest BCUT2D eigenvalue weighted by atomic mass is 35.5. The van der Waals surface area contributed by atoms with Crippen LogP contribution in [0.4, 0.5) is 0 Å². The van der Waals surface area contributed by atoms with Gasteiger partial charge in [-0.25, -0.2) is 4.98 Å². The molecule has 0 aromatic carbocycles. The Kier molecular flexibility index (Phi) is 4.83. The van der Waals surface area contributed by atoms with E-state index in [1.54, 1.807) is 11.9 Å². The second-order valence-electron chi connectivity index (χ2n) is 4.69. The Labute approximate surface area is 127 Å². The van der Waals surface area contributed by atoms with Crippen LogP contribution in [0.2, 0.25) is 10.2 Å². The average molecular weight is 316 g/mol. The van der Waals surface area contributed by atoms with Gasteiger partial charge in [0, 0.05) is 26.3 Å². The number of amides is 2. The second kappa shape index (κ2) is 6.41. The number of nitrogens with one attached hydrogen (secondary N) is 1. The number of pyridine rings is 1. The molecule has 1 fully saturated rings. The Morgan fingerprint density at radius 2 is 2.20 bits per heavy atom. The van der Waals surface area contributed by atoms with E-state index in [9.17, 15) is 9.59 Å². The molecule has 5 nitrogen and oxygen atoms in total. The second-order valence-corrected chi connectivity index (χ2v) is 5.49. The highest BCUT2D eigenvalue weighted by Crippen LogP contribution is 2.23. The van der Waals surface area contributed by atoms with E-state index in [2.05, 4.69) is 10.3 Å². The number of rotatable bonds is 2. The lowest BCUT2D eigenvalue weighted by Gasteiger charge is -2.32. The molecule has 7 heteroatoms. The van der Waals surface area contributed by atoms with Crippen molar-refractivity contribution in [3.05, 3.63) is 28.0 Å². The summed E-state index contributed by atoms with van der Waals surface area (Å²) >= 11 is 11.8. The lowest BCUT2D eigenvalue weighted by molar-refractivity contribution is -0.125. The van der Waals surface area contributed by atoms with Gasteiger partial charge in [-0.3, -0.25) is 9.59 Å². The van der Waals surface area contributed by atoms with Crippen LogP contribution >= 0.6 is 23.2 Å². The molecule has 1 unspecified atom stereocenters. The molecule has 20 heavy (non-hydrogen) atoms. The maximum atomic E-state index is 12.5. The van der Waals surface area contributed by atoms with Crippen molar-refractivity contribution < 1.29 is 9.59 Å². The van der Waals surface area contributed by atoms with Gasteiger partial charge in [0.05, 0.1) is 16.5 Å². The molecule has 1 N–H and O–H groups in total. The maximum Gasteiger partial charge on any atom is 0.255 e. The molecule has 1 aliphatic heterocycles. The minimum absolute atomic E-state index is 0.0404. The molecule has 2 heterocycles. The highest BCUT2D eigenvalue weighted by Gasteiger charge is 2.29. The van der Waals surface area contributed by atoms with E-state index in [1.165, 1.54) is 12.3 Å². The molecule has 1 aliphatic rings. The minimum atomic E-state index is -0.215. The van der Waals surface area contributed by atoms with Crippen LogP contribution in [0, 0.1) is 5.92 Å². The summed E-state index contributed by atoms with van der Waals surface area (Å²) in [6.07, 6.45) is 2.94. The number of carbonyl (C=O) groups excluding carboxylic acids is 2. The van der Waals surface area contributed by atoms with E-state index in [1.807, 2.05) is 0 Å². The molecule has 1 saturated heterocycles. The van der Waals surface area contributed by atoms with Crippen molar-refractivity contribution in [2.24, 2.45) is 5.92 Å². The SMILES string of the molecule is CNC(=O)C1CCCN(C(=O)c2cc(Cl)ncc2Cl)C1. The molecule has 108 valence electrons. The van der Waals surface area contributed by atoms with Gasteiger partial charge in [0.2, 0.25) is 5.91 Å². The first-order chi connectivity index (χ1) is 9.52. The van der Waals surface area contributed by atoms with Gasteiger partial charge in [0.1, 0.15) is 5.15 Å². The highest BCUT2D eigenvalue weighted by molar-refractivity contribution is 6.35. The van der Waals surface area contributed by atoms with Gasteiger partial charge in [-0.15, -0.1) is 0 Å². The summed E-state index contributed by atoms with van der Waals surface area (Å²) < 4.78 is 0. The summed E-state index contributed by atoms with van der Waals surface area (Å²) in [5.74, 6) is -0.428. The predicted octanol–water partition coefficient (Wildman–Crippen LogP) is 1.99. The van der Waals surface area contributed by atoms with Crippen LogP contribution in [0.5, 0.6) is 0 Å². The predicted molar refractivity (Wildman–Crippen MR) is 77.0 cm³/mol. The topological polar surface area (TPSA) is 62.3 Å². The number of carbonyl (C=O) groups is 2. The number of piperidine rings is 1. The summed E-state index contributed by atoms with van der Waals surface area (Å²) in [6.45, 7) is 1.01. The van der Waals surface area contributed by atoms with Crippen molar-refractivity contribution in [2.75, 3.05) is 20.1 Å². The molecular formula is C13H15Cl2N3O2. The average Bonchev–Trinajstić information content (AvgIpc) is 2.48. The number of hydrogen-bond acceptors (Lipinski definition) is 3. The molecule has 0 saturated carbocycles. The van der Waals surface area contributed by atoms with Gasteiger partial charge in [-0.2, -0.15) is 0 Å². The third-order valence-electron chi connectivity index (χ3n) is 3.38. The molecular weight excluding hydrogens is 301 g/mol. The number of nitrogens with zero attached hydrogens (tertiary/aromatic N) is 2. The van der Waals surface area contributed by atoms with E-state index in [0.29, 0.717) is 18.7 Å². The number of hydrogen-bond donors (Lipinski definition) is 1. The molecule has 2 amide bonds. The Hall–Kier alpha value is -1.33. The van der Waals surface area contributed by atoms with Crippen molar-refractivity contribution in [1.29, 1.82) is 0 Å². The Morgan fingerprint density at radius 1 is 1.45 bits per heavy atom. The zero-order valence-electron chi connectivity index (χ0n) is 11.0. The van der Waals surface area contributed by atoms with Gasteiger partial charge >= 0.3 is 0 Å². The lowest BCUT2D eigenvalue weighted by Crippen LogP contribution is -2.44. The van der Waals surface area contributed by atoms with E-state index in [4.69, 9.17) is 23.2 Å². The fourth-order valence-electron chi connectivity index (χ4n) is 2.33. The van der Waals surface area contributed by atoms with E-state index in [0.717, 1.165) is 12.8 Å². The summed E-state index contributed by atoms with van der Waals surface area (Å²) in [7, 11) is 1.60. The maximum absolute atomic E-state index is 12.5. The van der Waals surface area contributed by atoms with Gasteiger partial charge in [0.15, 0.2) is 0 Å². The smallest absolute Gasteiger partial charge is 0.255 e. The summed E-state index contributed by atoms with van der Waals surface area (Å²) in [5.41, 5.74) is 0.323. The molecule has 0 bridgehead atoms. The monoisotopic (exact) mass is 315 g/mol. The fraction of sp³-hybridized carbons (Fsp3) is 0.462. The first-order valence-electron chi connectivity index (χ1n) is 6.35. The van der Waals surface area contributed by atoms with Crippen LogP contribution in [0.25, 0.3) is 0 Å². The van der Waals surface area contributed by atoms with Crippen molar-refractivity contribution in [2.45, 2.75) is 12.8 Å². The van der Waals surface area contributed by atoms with Crippen LogP contribution < -0.4 is 5.32 Å². The molecule has 0 spiro atoms. The quantitative estimate of drug-likeness (QED) is 0.849. The lowest BCUT2D eigenvalue weighted by atomic mass is 9.96. The Morgan fingerprint density at radius 3 is 2.90 bits per heavy atom. The van der Waals surface area contributed by atoms with E-state index < -0.39 is 0 Å². The normalized spacial score (nSPS) is 18.8. The van der Waals surface area contributed by atoms with Gasteiger partial charge in [0.25, 0.3) is 5.91 Å². The van der Waals surface area contributed by atoms with Crippen molar-refractivity contribution >= 4 is 35.0 Å². The summed E-state index contributed by atoms with van der Waals surface area (Å²) in [4.78, 5) is 29.6. The third-order valence-corrected chi connectivity index (χ3v) is 3.89. The van der Waals surface area contributed by atoms with E-state index in [-0.39, 0.29) is 27.9 Å². The molecule has 1 aromatic heterocycles. The summed E-state index contributed by atoms with van der Waals surface area (Å²) in [6, 6.07) is 1.45. The standard InChI is InChI=1S/C13H15Cl2N3O2/c1-16-12(19)8-3-2-4-18(7-8)13(20)9-5-11(15)17-6-10(9)14/h5-6,8H,2-4,7H2,1H3,(H,16,19). The van der Waals surface area contributed by atoms with Crippen LogP contribution in [0.15, 0.2) is 12.3 Å². The number of halogens is 2. The van der Waals surface area contributed by atoms with Gasteiger partial charge in [-0.05, 0) is 18.9 Å². The van der Waals surface area contributed by atoms with Crippen molar-refractivity contribution in [1.82, 2.24) is 15.2 Å². The molecule has 2 rings (SSSR count). The molecule has 0 aliphatic carbocycles. The first kappa shape index (κ1) is 15.1. The fourth-order valence-corrected chi connectivity index (χ4v) is 2.67. The van der Waals surface area contributed by atoms with Crippen LogP contribution in [0.3, 0.4) is 0 Å². The summed E-state index contributed by atoms with van der Waals surface area (Å²) in [5, 5.41) is 3.11. The largest absolute Gasteiger partial charge is 0.359 e. The minimum Gasteiger partial charge on any atom is -0.359 e. The Balaban J connectivity index is 2.16.